The molecule has 1 aromatic rings. The predicted molar refractivity (Wildman–Crippen MR) is 94.8 cm³/mol. The Morgan fingerprint density at radius 3 is 2.21 bits per heavy atom. The van der Waals surface area contributed by atoms with Gasteiger partial charge in [0, 0.05) is 0 Å². The number of nitrogens with one attached hydrogen (secondary N) is 2. The van der Waals surface area contributed by atoms with Crippen molar-refractivity contribution in [3.05, 3.63) is 29.8 Å². The summed E-state index contributed by atoms with van der Waals surface area (Å²) in [5, 5.41) is 4.88. The molecule has 0 heterocycles. The first-order valence-corrected chi connectivity index (χ1v) is 8.38. The van der Waals surface area contributed by atoms with Crippen molar-refractivity contribution in [2.75, 3.05) is 13.7 Å². The number of esters is 1. The fourth-order valence-corrected chi connectivity index (χ4v) is 2.10. The van der Waals surface area contributed by atoms with Crippen LogP contribution < -0.4 is 15.4 Å². The molecule has 0 aliphatic carbocycles. The molecule has 28 heavy (non-hydrogen) atoms. The fraction of sp³-hybridized carbons (Fsp3) is 0.500. The standard InChI is InChI=1S/C18H24F2N2O6/c1-18(2,3)28-17(25)21-10-14(23)22-13(9-15(24)26-4)11-5-7-12(8-6-11)27-16(19)20/h5-8,13,16H,9-10H2,1-4H3,(H,21,25)(H,22,23)/t13-/m0/s1. The van der Waals surface area contributed by atoms with E-state index in [4.69, 9.17) is 4.74 Å². The summed E-state index contributed by atoms with van der Waals surface area (Å²) in [5.41, 5.74) is -0.242. The lowest BCUT2D eigenvalue weighted by Gasteiger charge is -2.21. The topological polar surface area (TPSA) is 103 Å². The lowest BCUT2D eigenvalue weighted by atomic mass is 10.0. The van der Waals surface area contributed by atoms with Gasteiger partial charge in [-0.15, -0.1) is 0 Å². The molecule has 0 saturated carbocycles. The first-order valence-electron chi connectivity index (χ1n) is 8.38. The van der Waals surface area contributed by atoms with Crippen LogP contribution in [0, 0.1) is 0 Å². The number of alkyl carbamates (subject to hydrolysis) is 1. The van der Waals surface area contributed by atoms with Crippen LogP contribution in [0.3, 0.4) is 0 Å². The summed E-state index contributed by atoms with van der Waals surface area (Å²) < 4.78 is 38.4. The second kappa shape index (κ2) is 10.4. The number of amides is 2. The van der Waals surface area contributed by atoms with Gasteiger partial charge in [0.25, 0.3) is 0 Å². The molecule has 2 amide bonds. The molecule has 2 N–H and O–H groups in total. The normalized spacial score (nSPS) is 12.1. The van der Waals surface area contributed by atoms with Gasteiger partial charge in [-0.25, -0.2) is 4.79 Å². The van der Waals surface area contributed by atoms with E-state index in [-0.39, 0.29) is 18.7 Å². The molecule has 0 fully saturated rings. The Bertz CT molecular complexity index is 674. The van der Waals surface area contributed by atoms with Crippen LogP contribution in [0.15, 0.2) is 24.3 Å². The number of methoxy groups -OCH3 is 1. The van der Waals surface area contributed by atoms with Crippen molar-refractivity contribution in [2.24, 2.45) is 0 Å². The van der Waals surface area contributed by atoms with E-state index in [1.54, 1.807) is 20.8 Å². The fourth-order valence-electron chi connectivity index (χ4n) is 2.10. The van der Waals surface area contributed by atoms with Crippen LogP contribution in [0.1, 0.15) is 38.8 Å². The van der Waals surface area contributed by atoms with Gasteiger partial charge < -0.3 is 24.8 Å². The van der Waals surface area contributed by atoms with Crippen molar-refractivity contribution in [1.82, 2.24) is 10.6 Å². The highest BCUT2D eigenvalue weighted by atomic mass is 19.3. The molecular formula is C18H24F2N2O6. The molecule has 0 aromatic heterocycles. The zero-order valence-electron chi connectivity index (χ0n) is 16.1. The third-order valence-corrected chi connectivity index (χ3v) is 3.23. The summed E-state index contributed by atoms with van der Waals surface area (Å²) >= 11 is 0. The average molecular weight is 402 g/mol. The molecule has 0 bridgehead atoms. The third kappa shape index (κ3) is 9.15. The molecule has 8 nitrogen and oxygen atoms in total. The smallest absolute Gasteiger partial charge is 0.408 e. The Morgan fingerprint density at radius 1 is 1.11 bits per heavy atom. The number of halogens is 2. The summed E-state index contributed by atoms with van der Waals surface area (Å²) in [5.74, 6) is -1.22. The number of benzene rings is 1. The maximum atomic E-state index is 12.2. The van der Waals surface area contributed by atoms with Gasteiger partial charge in [0.2, 0.25) is 5.91 Å². The van der Waals surface area contributed by atoms with E-state index in [1.807, 2.05) is 0 Å². The summed E-state index contributed by atoms with van der Waals surface area (Å²) in [6, 6.07) is 4.66. The predicted octanol–water partition coefficient (Wildman–Crippen LogP) is 2.53. The van der Waals surface area contributed by atoms with Gasteiger partial charge in [0.05, 0.1) is 19.6 Å². The average Bonchev–Trinajstić information content (AvgIpc) is 2.58. The van der Waals surface area contributed by atoms with Crippen LogP contribution >= 0.6 is 0 Å². The first-order chi connectivity index (χ1) is 13.0. The van der Waals surface area contributed by atoms with E-state index in [1.165, 1.54) is 31.4 Å². The van der Waals surface area contributed by atoms with Crippen LogP contribution in [-0.4, -0.2) is 43.8 Å². The Kier molecular flexibility index (Phi) is 8.62. The summed E-state index contributed by atoms with van der Waals surface area (Å²) in [7, 11) is 1.20. The molecule has 1 rings (SSSR count). The molecule has 0 saturated heterocycles. The van der Waals surface area contributed by atoms with Crippen LogP contribution in [0.4, 0.5) is 13.6 Å². The Balaban J connectivity index is 2.75. The monoisotopic (exact) mass is 402 g/mol. The second-order valence-electron chi connectivity index (χ2n) is 6.70. The Hall–Kier alpha value is -2.91. The van der Waals surface area contributed by atoms with Crippen LogP contribution in [0.2, 0.25) is 0 Å². The van der Waals surface area contributed by atoms with Gasteiger partial charge in [0.15, 0.2) is 0 Å². The largest absolute Gasteiger partial charge is 0.469 e. The van der Waals surface area contributed by atoms with Crippen molar-refractivity contribution < 1.29 is 37.4 Å². The second-order valence-corrected chi connectivity index (χ2v) is 6.70. The van der Waals surface area contributed by atoms with Crippen molar-refractivity contribution in [3.8, 4) is 5.75 Å². The lowest BCUT2D eigenvalue weighted by molar-refractivity contribution is -0.141. The van der Waals surface area contributed by atoms with Crippen molar-refractivity contribution >= 4 is 18.0 Å². The number of hydrogen-bond acceptors (Lipinski definition) is 6. The maximum absolute atomic E-state index is 12.2. The number of carbonyl (C=O) groups excluding carboxylic acids is 3. The third-order valence-electron chi connectivity index (χ3n) is 3.23. The molecule has 1 aromatic carbocycles. The molecule has 0 aliphatic rings. The van der Waals surface area contributed by atoms with Crippen molar-refractivity contribution in [2.45, 2.75) is 45.4 Å². The van der Waals surface area contributed by atoms with E-state index < -0.39 is 36.2 Å². The van der Waals surface area contributed by atoms with Crippen LogP contribution in [0.25, 0.3) is 0 Å². The van der Waals surface area contributed by atoms with Gasteiger partial charge >= 0.3 is 18.7 Å². The van der Waals surface area contributed by atoms with Crippen molar-refractivity contribution in [1.29, 1.82) is 0 Å². The minimum Gasteiger partial charge on any atom is -0.469 e. The summed E-state index contributed by atoms with van der Waals surface area (Å²) in [6.45, 7) is 1.70. The molecule has 0 radical (unpaired) electrons. The van der Waals surface area contributed by atoms with E-state index in [0.717, 1.165) is 0 Å². The number of rotatable bonds is 8. The van der Waals surface area contributed by atoms with Gasteiger partial charge in [0.1, 0.15) is 17.9 Å². The quantitative estimate of drug-likeness (QED) is 0.648. The maximum Gasteiger partial charge on any atom is 0.408 e. The van der Waals surface area contributed by atoms with E-state index >= 15 is 0 Å². The van der Waals surface area contributed by atoms with E-state index in [9.17, 15) is 23.2 Å². The van der Waals surface area contributed by atoms with E-state index in [2.05, 4.69) is 20.1 Å². The van der Waals surface area contributed by atoms with E-state index in [0.29, 0.717) is 5.56 Å². The van der Waals surface area contributed by atoms with Gasteiger partial charge in [-0.1, -0.05) is 12.1 Å². The van der Waals surface area contributed by atoms with Crippen LogP contribution in [0.5, 0.6) is 5.75 Å². The Morgan fingerprint density at radius 2 is 1.71 bits per heavy atom. The molecule has 0 spiro atoms. The number of ether oxygens (including phenoxy) is 3. The number of alkyl halides is 2. The van der Waals surface area contributed by atoms with Gasteiger partial charge in [-0.2, -0.15) is 8.78 Å². The number of carbonyl (C=O) groups is 3. The minimum absolute atomic E-state index is 0.0616. The molecule has 0 aliphatic heterocycles. The zero-order chi connectivity index (χ0) is 21.3. The van der Waals surface area contributed by atoms with Crippen molar-refractivity contribution in [3.63, 3.8) is 0 Å². The molecule has 10 heteroatoms. The highest BCUT2D eigenvalue weighted by molar-refractivity contribution is 5.83. The number of hydrogen-bond donors (Lipinski definition) is 2. The first kappa shape index (κ1) is 23.1. The summed E-state index contributed by atoms with van der Waals surface area (Å²) in [4.78, 5) is 35.4. The molecule has 156 valence electrons. The molecule has 0 unspecified atom stereocenters. The lowest BCUT2D eigenvalue weighted by Crippen LogP contribution is -2.41. The van der Waals surface area contributed by atoms with Crippen LogP contribution in [-0.2, 0) is 19.1 Å². The highest BCUT2D eigenvalue weighted by Crippen LogP contribution is 2.22. The Labute approximate surface area is 161 Å². The SMILES string of the molecule is COC(=O)C[C@H](NC(=O)CNC(=O)OC(C)(C)C)c1ccc(OC(F)F)cc1. The van der Waals surface area contributed by atoms with Gasteiger partial charge in [-0.3, -0.25) is 9.59 Å². The molecular weight excluding hydrogens is 378 g/mol. The molecule has 1 atom stereocenters. The highest BCUT2D eigenvalue weighted by Gasteiger charge is 2.21. The summed E-state index contributed by atoms with van der Waals surface area (Å²) in [6.07, 6.45) is -0.954. The minimum atomic E-state index is -2.96. The van der Waals surface area contributed by atoms with Gasteiger partial charge in [-0.05, 0) is 38.5 Å². The zero-order valence-corrected chi connectivity index (χ0v) is 16.1.